The fraction of sp³-hybridized carbons (Fsp3) is 0.429. The summed E-state index contributed by atoms with van der Waals surface area (Å²) in [5, 5.41) is 22.0. The largest absolute Gasteiger partial charge is 0.480 e. The van der Waals surface area contributed by atoms with Crippen LogP contribution in [0.4, 0.5) is 5.69 Å². The standard InChI is InChI=1S/C14H18N2O5/c1-9(2)7-12(14(18)19)15-13(17)8-10-3-5-11(6-4-10)16(20)21/h3-6,9,12H,7-8H2,1-2H3,(H,15,17)(H,18,19). The third-order valence-corrected chi connectivity index (χ3v) is 2.85. The third kappa shape index (κ3) is 5.60. The van der Waals surface area contributed by atoms with Gasteiger partial charge in [-0.2, -0.15) is 0 Å². The summed E-state index contributed by atoms with van der Waals surface area (Å²) in [4.78, 5) is 32.9. The Kier molecular flexibility index (Phi) is 5.83. The van der Waals surface area contributed by atoms with E-state index in [0.717, 1.165) is 0 Å². The molecule has 0 saturated carbocycles. The van der Waals surface area contributed by atoms with Gasteiger partial charge in [-0.25, -0.2) is 4.79 Å². The minimum absolute atomic E-state index is 0.0140. The Balaban J connectivity index is 2.63. The van der Waals surface area contributed by atoms with Gasteiger partial charge in [0.25, 0.3) is 5.69 Å². The van der Waals surface area contributed by atoms with E-state index in [2.05, 4.69) is 5.32 Å². The molecule has 1 aromatic rings. The SMILES string of the molecule is CC(C)CC(NC(=O)Cc1ccc([N+](=O)[O-])cc1)C(=O)O. The Morgan fingerprint density at radius 3 is 2.29 bits per heavy atom. The third-order valence-electron chi connectivity index (χ3n) is 2.85. The number of amides is 1. The predicted molar refractivity (Wildman–Crippen MR) is 75.8 cm³/mol. The molecule has 1 atom stereocenters. The van der Waals surface area contributed by atoms with Crippen LogP contribution in [0.2, 0.25) is 0 Å². The summed E-state index contributed by atoms with van der Waals surface area (Å²) in [6.07, 6.45) is 0.335. The average Bonchev–Trinajstić information content (AvgIpc) is 2.37. The number of nitrogens with one attached hydrogen (secondary N) is 1. The number of carboxylic acid groups (broad SMARTS) is 1. The van der Waals surface area contributed by atoms with Crippen LogP contribution in [0.5, 0.6) is 0 Å². The van der Waals surface area contributed by atoms with E-state index in [1.807, 2.05) is 13.8 Å². The highest BCUT2D eigenvalue weighted by molar-refractivity contribution is 5.84. The lowest BCUT2D eigenvalue weighted by atomic mass is 10.0. The predicted octanol–water partition coefficient (Wildman–Crippen LogP) is 1.75. The second-order valence-electron chi connectivity index (χ2n) is 5.19. The van der Waals surface area contributed by atoms with Crippen LogP contribution in [0.3, 0.4) is 0 Å². The number of nitro benzene ring substituents is 1. The normalized spacial score (nSPS) is 12.0. The summed E-state index contributed by atoms with van der Waals surface area (Å²) in [5.74, 6) is -1.34. The van der Waals surface area contributed by atoms with Crippen molar-refractivity contribution in [2.24, 2.45) is 5.92 Å². The van der Waals surface area contributed by atoms with Gasteiger partial charge in [0.2, 0.25) is 5.91 Å². The van der Waals surface area contributed by atoms with Gasteiger partial charge in [0, 0.05) is 12.1 Å². The smallest absolute Gasteiger partial charge is 0.326 e. The maximum Gasteiger partial charge on any atom is 0.326 e. The quantitative estimate of drug-likeness (QED) is 0.588. The number of non-ortho nitro benzene ring substituents is 1. The van der Waals surface area contributed by atoms with Crippen LogP contribution in [-0.2, 0) is 16.0 Å². The minimum atomic E-state index is -1.07. The molecule has 0 heterocycles. The number of rotatable bonds is 7. The molecular formula is C14H18N2O5. The zero-order chi connectivity index (χ0) is 16.0. The van der Waals surface area contributed by atoms with E-state index in [9.17, 15) is 19.7 Å². The zero-order valence-electron chi connectivity index (χ0n) is 11.9. The molecule has 0 aromatic heterocycles. The highest BCUT2D eigenvalue weighted by Crippen LogP contribution is 2.12. The van der Waals surface area contributed by atoms with Crippen molar-refractivity contribution in [2.75, 3.05) is 0 Å². The number of carbonyl (C=O) groups is 2. The molecule has 0 bridgehead atoms. The van der Waals surface area contributed by atoms with E-state index in [1.54, 1.807) is 0 Å². The van der Waals surface area contributed by atoms with Gasteiger partial charge in [-0.05, 0) is 17.9 Å². The fourth-order valence-corrected chi connectivity index (χ4v) is 1.86. The van der Waals surface area contributed by atoms with Gasteiger partial charge in [0.05, 0.1) is 11.3 Å². The molecule has 1 rings (SSSR count). The first-order valence-corrected chi connectivity index (χ1v) is 6.55. The Morgan fingerprint density at radius 1 is 1.29 bits per heavy atom. The van der Waals surface area contributed by atoms with Crippen molar-refractivity contribution in [1.29, 1.82) is 0 Å². The van der Waals surface area contributed by atoms with Crippen molar-refractivity contribution >= 4 is 17.6 Å². The minimum Gasteiger partial charge on any atom is -0.480 e. The van der Waals surface area contributed by atoms with E-state index in [0.29, 0.717) is 12.0 Å². The van der Waals surface area contributed by atoms with E-state index in [1.165, 1.54) is 24.3 Å². The number of nitro groups is 1. The van der Waals surface area contributed by atoms with E-state index in [-0.39, 0.29) is 18.0 Å². The fourth-order valence-electron chi connectivity index (χ4n) is 1.86. The number of nitrogens with zero attached hydrogens (tertiary/aromatic N) is 1. The summed E-state index contributed by atoms with van der Waals surface area (Å²) in [5.41, 5.74) is 0.536. The second kappa shape index (κ2) is 7.37. The molecule has 1 unspecified atom stereocenters. The topological polar surface area (TPSA) is 110 Å². The lowest BCUT2D eigenvalue weighted by Crippen LogP contribution is -2.42. The maximum absolute atomic E-state index is 11.8. The molecule has 114 valence electrons. The first-order valence-electron chi connectivity index (χ1n) is 6.55. The van der Waals surface area contributed by atoms with Crippen LogP contribution >= 0.6 is 0 Å². The van der Waals surface area contributed by atoms with E-state index < -0.39 is 22.8 Å². The monoisotopic (exact) mass is 294 g/mol. The van der Waals surface area contributed by atoms with Crippen LogP contribution < -0.4 is 5.32 Å². The zero-order valence-corrected chi connectivity index (χ0v) is 11.9. The van der Waals surface area contributed by atoms with Crippen LogP contribution in [0.15, 0.2) is 24.3 Å². The van der Waals surface area contributed by atoms with Crippen molar-refractivity contribution in [2.45, 2.75) is 32.7 Å². The number of carboxylic acids is 1. The lowest BCUT2D eigenvalue weighted by molar-refractivity contribution is -0.384. The van der Waals surface area contributed by atoms with E-state index >= 15 is 0 Å². The highest BCUT2D eigenvalue weighted by atomic mass is 16.6. The molecule has 0 fully saturated rings. The molecule has 0 radical (unpaired) electrons. The number of hydrogen-bond donors (Lipinski definition) is 2. The second-order valence-corrected chi connectivity index (χ2v) is 5.19. The molecule has 7 nitrogen and oxygen atoms in total. The van der Waals surface area contributed by atoms with Crippen LogP contribution in [-0.4, -0.2) is 27.9 Å². The molecule has 0 aliphatic heterocycles. The summed E-state index contributed by atoms with van der Waals surface area (Å²) in [6.45, 7) is 3.75. The van der Waals surface area contributed by atoms with Crippen LogP contribution in [0.1, 0.15) is 25.8 Å². The summed E-state index contributed by atoms with van der Waals surface area (Å²) >= 11 is 0. The van der Waals surface area contributed by atoms with E-state index in [4.69, 9.17) is 5.11 Å². The Morgan fingerprint density at radius 2 is 1.86 bits per heavy atom. The first kappa shape index (κ1) is 16.6. The Bertz CT molecular complexity index is 525. The Labute approximate surface area is 122 Å². The molecule has 7 heteroatoms. The Hall–Kier alpha value is -2.44. The molecule has 0 saturated heterocycles. The molecule has 0 aliphatic carbocycles. The van der Waals surface area contributed by atoms with Crippen molar-refractivity contribution in [3.8, 4) is 0 Å². The van der Waals surface area contributed by atoms with Gasteiger partial charge in [0.1, 0.15) is 6.04 Å². The molecule has 2 N–H and O–H groups in total. The number of aliphatic carboxylic acids is 1. The van der Waals surface area contributed by atoms with Gasteiger partial charge in [-0.15, -0.1) is 0 Å². The summed E-state index contributed by atoms with van der Waals surface area (Å²) in [7, 11) is 0. The van der Waals surface area contributed by atoms with Crippen molar-refractivity contribution in [1.82, 2.24) is 5.32 Å². The first-order chi connectivity index (χ1) is 9.79. The van der Waals surface area contributed by atoms with Gasteiger partial charge in [0.15, 0.2) is 0 Å². The lowest BCUT2D eigenvalue weighted by Gasteiger charge is -2.16. The number of hydrogen-bond acceptors (Lipinski definition) is 4. The molecule has 1 amide bonds. The summed E-state index contributed by atoms with van der Waals surface area (Å²) < 4.78 is 0. The van der Waals surface area contributed by atoms with Crippen LogP contribution in [0, 0.1) is 16.0 Å². The highest BCUT2D eigenvalue weighted by Gasteiger charge is 2.21. The summed E-state index contributed by atoms with van der Waals surface area (Å²) in [6, 6.07) is 4.67. The van der Waals surface area contributed by atoms with Crippen LogP contribution in [0.25, 0.3) is 0 Å². The molecular weight excluding hydrogens is 276 g/mol. The molecule has 1 aromatic carbocycles. The van der Waals surface area contributed by atoms with Gasteiger partial charge < -0.3 is 10.4 Å². The number of benzene rings is 1. The van der Waals surface area contributed by atoms with Crippen molar-refractivity contribution in [3.63, 3.8) is 0 Å². The molecule has 21 heavy (non-hydrogen) atoms. The van der Waals surface area contributed by atoms with Crippen molar-refractivity contribution in [3.05, 3.63) is 39.9 Å². The van der Waals surface area contributed by atoms with Crippen molar-refractivity contribution < 1.29 is 19.6 Å². The van der Waals surface area contributed by atoms with Gasteiger partial charge in [-0.3, -0.25) is 14.9 Å². The number of carbonyl (C=O) groups excluding carboxylic acids is 1. The molecule has 0 spiro atoms. The van der Waals surface area contributed by atoms with Gasteiger partial charge >= 0.3 is 5.97 Å². The maximum atomic E-state index is 11.8. The molecule has 0 aliphatic rings. The van der Waals surface area contributed by atoms with Gasteiger partial charge in [-0.1, -0.05) is 26.0 Å². The average molecular weight is 294 g/mol.